The van der Waals surface area contributed by atoms with Crippen LogP contribution in [0.3, 0.4) is 0 Å². The van der Waals surface area contributed by atoms with Gasteiger partial charge in [0.25, 0.3) is 0 Å². The first-order chi connectivity index (χ1) is 13.4. The first kappa shape index (κ1) is 21.8. The molecule has 0 N–H and O–H groups in total. The van der Waals surface area contributed by atoms with Crippen LogP contribution >= 0.6 is 11.6 Å². The van der Waals surface area contributed by atoms with Gasteiger partial charge in [0.1, 0.15) is 16.5 Å². The van der Waals surface area contributed by atoms with Crippen molar-refractivity contribution in [2.24, 2.45) is 0 Å². The molecule has 0 saturated carbocycles. The minimum Gasteiger partial charge on any atom is -0.368 e. The monoisotopic (exact) mass is 454 g/mol. The Morgan fingerprint density at radius 1 is 1.03 bits per heavy atom. The molecule has 0 spiro atoms. The fraction of sp³-hybridized carbons (Fsp3) is 0.333. The number of piperazine rings is 1. The lowest BCUT2D eigenvalue weighted by Crippen LogP contribution is -2.54. The number of halogens is 6. The van der Waals surface area contributed by atoms with E-state index in [9.17, 15) is 30.4 Å². The molecule has 1 aliphatic rings. The van der Waals surface area contributed by atoms with Crippen LogP contribution in [0, 0.1) is 11.6 Å². The highest BCUT2D eigenvalue weighted by molar-refractivity contribution is 7.89. The van der Waals surface area contributed by atoms with Gasteiger partial charge in [0, 0.05) is 31.4 Å². The molecule has 0 aromatic heterocycles. The zero-order chi connectivity index (χ0) is 21.6. The van der Waals surface area contributed by atoms with Gasteiger partial charge in [-0.1, -0.05) is 11.6 Å². The summed E-state index contributed by atoms with van der Waals surface area (Å²) in [4.78, 5) is 1.09. The Kier molecular flexibility index (Phi) is 5.81. The molecule has 29 heavy (non-hydrogen) atoms. The number of benzene rings is 2. The fourth-order valence-electron chi connectivity index (χ4n) is 3.34. The average molecular weight is 455 g/mol. The van der Waals surface area contributed by atoms with E-state index in [2.05, 4.69) is 0 Å². The van der Waals surface area contributed by atoms with Crippen LogP contribution in [-0.2, 0) is 16.2 Å². The van der Waals surface area contributed by atoms with E-state index in [1.807, 2.05) is 0 Å². The van der Waals surface area contributed by atoms with Crippen LogP contribution in [-0.4, -0.2) is 38.4 Å². The Morgan fingerprint density at radius 2 is 1.66 bits per heavy atom. The van der Waals surface area contributed by atoms with E-state index in [0.717, 1.165) is 34.6 Å². The molecular formula is C18H16ClF5N2O2S. The topological polar surface area (TPSA) is 40.6 Å². The number of hydrogen-bond donors (Lipinski definition) is 0. The van der Waals surface area contributed by atoms with Crippen molar-refractivity contribution in [1.29, 1.82) is 0 Å². The maximum absolute atomic E-state index is 13.3. The molecule has 2 aromatic carbocycles. The van der Waals surface area contributed by atoms with E-state index in [1.54, 1.807) is 0 Å². The van der Waals surface area contributed by atoms with Crippen LogP contribution in [0.1, 0.15) is 12.5 Å². The van der Waals surface area contributed by atoms with Gasteiger partial charge in [-0.2, -0.15) is 17.5 Å². The second-order valence-electron chi connectivity index (χ2n) is 6.64. The summed E-state index contributed by atoms with van der Waals surface area (Å²) in [5.74, 6) is -1.70. The Labute approximate surface area is 169 Å². The lowest BCUT2D eigenvalue weighted by Gasteiger charge is -2.40. The van der Waals surface area contributed by atoms with E-state index < -0.39 is 39.4 Å². The van der Waals surface area contributed by atoms with Gasteiger partial charge in [-0.05, 0) is 43.3 Å². The summed E-state index contributed by atoms with van der Waals surface area (Å²) < 4.78 is 93.4. The predicted octanol–water partition coefficient (Wildman–Crippen LogP) is 4.54. The summed E-state index contributed by atoms with van der Waals surface area (Å²) in [5, 5.41) is -0.280. The van der Waals surface area contributed by atoms with Crippen LogP contribution in [0.25, 0.3) is 0 Å². The number of nitrogens with zero attached hydrogens (tertiary/aromatic N) is 2. The third-order valence-corrected chi connectivity index (χ3v) is 7.15. The number of rotatable bonds is 3. The van der Waals surface area contributed by atoms with E-state index >= 15 is 0 Å². The van der Waals surface area contributed by atoms with E-state index in [4.69, 9.17) is 11.6 Å². The quantitative estimate of drug-likeness (QED) is 0.639. The highest BCUT2D eigenvalue weighted by Gasteiger charge is 2.39. The first-order valence-electron chi connectivity index (χ1n) is 8.50. The van der Waals surface area contributed by atoms with Gasteiger partial charge in [0.15, 0.2) is 0 Å². The third kappa shape index (κ3) is 4.34. The van der Waals surface area contributed by atoms with Crippen molar-refractivity contribution in [3.63, 3.8) is 0 Å². The summed E-state index contributed by atoms with van der Waals surface area (Å²) in [6, 6.07) is 4.57. The molecule has 1 saturated heterocycles. The Hall–Kier alpha value is -1.91. The number of anilines is 1. The van der Waals surface area contributed by atoms with Gasteiger partial charge in [-0.3, -0.25) is 0 Å². The van der Waals surface area contributed by atoms with Crippen molar-refractivity contribution in [1.82, 2.24) is 4.31 Å². The summed E-state index contributed by atoms with van der Waals surface area (Å²) in [6.07, 6.45) is -4.76. The molecule has 0 amide bonds. The minimum absolute atomic E-state index is 0.0445. The van der Waals surface area contributed by atoms with Crippen molar-refractivity contribution >= 4 is 27.3 Å². The molecule has 0 bridgehead atoms. The van der Waals surface area contributed by atoms with Crippen LogP contribution in [0.15, 0.2) is 41.3 Å². The molecule has 1 atom stereocenters. The Balaban J connectivity index is 1.89. The lowest BCUT2D eigenvalue weighted by molar-refractivity contribution is -0.137. The van der Waals surface area contributed by atoms with Gasteiger partial charge in [-0.25, -0.2) is 17.2 Å². The van der Waals surface area contributed by atoms with Crippen molar-refractivity contribution in [2.75, 3.05) is 24.5 Å². The van der Waals surface area contributed by atoms with Gasteiger partial charge in [0.2, 0.25) is 10.0 Å². The number of sulfonamides is 1. The Bertz CT molecular complexity index is 1030. The molecule has 11 heteroatoms. The highest BCUT2D eigenvalue weighted by atomic mass is 35.5. The summed E-state index contributed by atoms with van der Waals surface area (Å²) >= 11 is 5.87. The molecule has 0 radical (unpaired) electrons. The highest BCUT2D eigenvalue weighted by Crippen LogP contribution is 2.38. The zero-order valence-corrected chi connectivity index (χ0v) is 16.6. The van der Waals surface area contributed by atoms with E-state index in [-0.39, 0.29) is 35.2 Å². The largest absolute Gasteiger partial charge is 0.418 e. The molecule has 1 heterocycles. The Morgan fingerprint density at radius 3 is 2.24 bits per heavy atom. The normalized spacial score (nSPS) is 18.9. The van der Waals surface area contributed by atoms with Crippen LogP contribution < -0.4 is 4.90 Å². The van der Waals surface area contributed by atoms with Crippen molar-refractivity contribution in [3.05, 3.63) is 58.6 Å². The smallest absolute Gasteiger partial charge is 0.368 e. The third-order valence-electron chi connectivity index (χ3n) is 4.65. The molecule has 0 unspecified atom stereocenters. The van der Waals surface area contributed by atoms with Gasteiger partial charge >= 0.3 is 6.18 Å². The standard InChI is InChI=1S/C18H16ClF5N2O2S/c1-11-10-25(16-4-2-12(20)8-14(16)18(22,23)24)6-7-26(11)29(27,28)17-5-3-13(21)9-15(17)19/h2-5,8-9,11H,6-7,10H2,1H3/t11-/m1/s1. The van der Waals surface area contributed by atoms with Crippen LogP contribution in [0.4, 0.5) is 27.6 Å². The van der Waals surface area contributed by atoms with Gasteiger partial charge < -0.3 is 4.90 Å². The van der Waals surface area contributed by atoms with Crippen molar-refractivity contribution < 1.29 is 30.4 Å². The molecule has 158 valence electrons. The van der Waals surface area contributed by atoms with Crippen LogP contribution in [0.5, 0.6) is 0 Å². The second kappa shape index (κ2) is 7.73. The van der Waals surface area contributed by atoms with E-state index in [1.165, 1.54) is 11.8 Å². The fourth-order valence-corrected chi connectivity index (χ4v) is 5.46. The van der Waals surface area contributed by atoms with Crippen molar-refractivity contribution in [3.8, 4) is 0 Å². The first-order valence-corrected chi connectivity index (χ1v) is 10.3. The predicted molar refractivity (Wildman–Crippen MR) is 98.4 cm³/mol. The molecule has 1 aliphatic heterocycles. The van der Waals surface area contributed by atoms with Gasteiger partial charge in [0.05, 0.1) is 10.6 Å². The molecule has 1 fully saturated rings. The van der Waals surface area contributed by atoms with Crippen molar-refractivity contribution in [2.45, 2.75) is 24.0 Å². The molecule has 4 nitrogen and oxygen atoms in total. The summed E-state index contributed by atoms with van der Waals surface area (Å²) in [5.41, 5.74) is -1.34. The number of alkyl halides is 3. The van der Waals surface area contributed by atoms with Crippen LogP contribution in [0.2, 0.25) is 5.02 Å². The second-order valence-corrected chi connectivity index (χ2v) is 8.91. The average Bonchev–Trinajstić information content (AvgIpc) is 2.60. The maximum Gasteiger partial charge on any atom is 0.418 e. The number of hydrogen-bond acceptors (Lipinski definition) is 3. The SMILES string of the molecule is C[C@@H]1CN(c2ccc(F)cc2C(F)(F)F)CCN1S(=O)(=O)c1ccc(F)cc1Cl. The molecule has 2 aromatic rings. The lowest BCUT2D eigenvalue weighted by atomic mass is 10.1. The molecular weight excluding hydrogens is 439 g/mol. The summed E-state index contributed by atoms with van der Waals surface area (Å²) in [7, 11) is -4.08. The molecule has 3 rings (SSSR count). The zero-order valence-electron chi connectivity index (χ0n) is 15.0. The van der Waals surface area contributed by atoms with E-state index in [0.29, 0.717) is 6.07 Å². The molecule has 0 aliphatic carbocycles. The minimum atomic E-state index is -4.76. The summed E-state index contributed by atoms with van der Waals surface area (Å²) in [6.45, 7) is 1.33. The maximum atomic E-state index is 13.3. The van der Waals surface area contributed by atoms with Gasteiger partial charge in [-0.15, -0.1) is 0 Å².